The summed E-state index contributed by atoms with van der Waals surface area (Å²) in [4.78, 5) is 9.62. The van der Waals surface area contributed by atoms with E-state index in [0.717, 1.165) is 30.3 Å². The molecule has 0 amide bonds. The van der Waals surface area contributed by atoms with Crippen LogP contribution < -0.4 is 19.6 Å². The van der Waals surface area contributed by atoms with Crippen molar-refractivity contribution in [1.82, 2.24) is 0 Å². The van der Waals surface area contributed by atoms with Gasteiger partial charge in [-0.2, -0.15) is 26.9 Å². The van der Waals surface area contributed by atoms with Crippen LogP contribution in [0.2, 0.25) is 0 Å². The molecule has 107 heavy (non-hydrogen) atoms. The second-order valence-corrected chi connectivity index (χ2v) is 39.4. The molecule has 0 N–H and O–H groups in total. The first-order chi connectivity index (χ1) is 50.7. The van der Waals surface area contributed by atoms with E-state index in [0.29, 0.717) is 0 Å². The van der Waals surface area contributed by atoms with E-state index < -0.39 is 30.7 Å². The van der Waals surface area contributed by atoms with Crippen molar-refractivity contribution in [2.24, 2.45) is 0 Å². The van der Waals surface area contributed by atoms with Crippen molar-refractivity contribution >= 4 is 88.4 Å². The van der Waals surface area contributed by atoms with Gasteiger partial charge in [0.05, 0.1) is 18.3 Å². The first-order valence-corrected chi connectivity index (χ1v) is 48.0. The van der Waals surface area contributed by atoms with Gasteiger partial charge in [0.1, 0.15) is 18.3 Å². The fourth-order valence-corrected chi connectivity index (χ4v) is 20.2. The molecule has 0 saturated carbocycles. The Morgan fingerprint density at radius 2 is 0.626 bits per heavy atom. The Bertz CT molecular complexity index is 3930. The summed E-state index contributed by atoms with van der Waals surface area (Å²) in [6.07, 6.45) is 5.30. The molecule has 2 aliphatic carbocycles. The summed E-state index contributed by atoms with van der Waals surface area (Å²) < 4.78 is 35.5. The van der Waals surface area contributed by atoms with Crippen LogP contribution in [-0.4, -0.2) is 71.0 Å². The number of nitrogens with zero attached hydrogens (tertiary/aromatic N) is 4. The van der Waals surface area contributed by atoms with Gasteiger partial charge in [0.2, 0.25) is 0 Å². The quantitative estimate of drug-likeness (QED) is 0.0471. The van der Waals surface area contributed by atoms with Crippen LogP contribution in [0.1, 0.15) is 183 Å². The third-order valence-corrected chi connectivity index (χ3v) is 26.0. The van der Waals surface area contributed by atoms with Crippen LogP contribution in [-0.2, 0) is 56.3 Å². The minimum absolute atomic E-state index is 0.142. The monoisotopic (exact) mass is 1720 g/mol. The van der Waals surface area contributed by atoms with Crippen LogP contribution in [0.25, 0.3) is 11.1 Å². The Morgan fingerprint density at radius 3 is 0.897 bits per heavy atom. The molecule has 2 saturated heterocycles. The minimum atomic E-state index is -1.88. The molecule has 10 nitrogen and oxygen atoms in total. The van der Waals surface area contributed by atoms with Crippen LogP contribution >= 0.6 is 46.3 Å². The zero-order valence-electron chi connectivity index (χ0n) is 67.6. The fourth-order valence-electron chi connectivity index (χ4n) is 13.7. The molecule has 2 heterocycles. The normalized spacial score (nSPS) is 14.3. The zero-order chi connectivity index (χ0) is 78.5. The number of allylic oxidation sites excluding steroid dienone is 2. The Kier molecular flexibility index (Phi) is 35.9. The third kappa shape index (κ3) is 26.5. The summed E-state index contributed by atoms with van der Waals surface area (Å²) in [6.45, 7) is 58.9. The molecule has 581 valence electrons. The van der Waals surface area contributed by atoms with Gasteiger partial charge >= 0.3 is 250 Å². The Balaban J connectivity index is 0.000000182. The average Bonchev–Trinajstić information content (AvgIpc) is 1.70. The van der Waals surface area contributed by atoms with Crippen molar-refractivity contribution in [3.63, 3.8) is 0 Å². The summed E-state index contributed by atoms with van der Waals surface area (Å²) in [5.74, 6) is 0. The van der Waals surface area contributed by atoms with Crippen molar-refractivity contribution in [3.05, 3.63) is 283 Å². The van der Waals surface area contributed by atoms with Crippen LogP contribution in [0.3, 0.4) is 0 Å². The van der Waals surface area contributed by atoms with Gasteiger partial charge in [-0.3, -0.25) is 0 Å². The second-order valence-electron chi connectivity index (χ2n) is 29.3. The number of aryl methyl sites for hydroxylation is 12. The molecule has 4 aliphatic rings. The average molecular weight is 1720 g/mol. The molecule has 0 atom stereocenters. The Hall–Kier alpha value is -5.08. The molecule has 2 aliphatic heterocycles. The summed E-state index contributed by atoms with van der Waals surface area (Å²) in [6, 6.07) is 55.9. The van der Waals surface area contributed by atoms with Crippen molar-refractivity contribution < 1.29 is 56.3 Å². The number of rotatable bonds is 18. The molecular weight excluding hydrogens is 1600 g/mol. The van der Waals surface area contributed by atoms with Gasteiger partial charge in [-0.25, -0.2) is 0 Å². The van der Waals surface area contributed by atoms with E-state index in [4.69, 9.17) is 56.2 Å². The standard InChI is InChI=1S/2C21H27N2.2C15H10.C9H22O3P.C9H21O3P.3ClH.2Ru/c2*1-14-9-16(3)20(17(4)10-14)22-7-8-23(13-22)21-18(5)11-15(2)12-19(21)6;2*1-2-6-12(7-3-1)15-11-10-13-8-4-5-9-14(13)15;2*1-7(2)10-13(11-8(3)4)12-9(5)6;;;;;/h2*9-13H,7-8H2,1-6H3;2*1-9,11H;7-9,13H,1-6H3;7-9H,1-6H3;3*1H;;/q2*-1;;;+1;;;;;+1;+2/p-3. The summed E-state index contributed by atoms with van der Waals surface area (Å²) in [5, 5.41) is 0. The molecule has 17 heteroatoms. The number of hydrogen-bond donors (Lipinski definition) is 0. The second kappa shape index (κ2) is 43.1. The fraction of sp³-hybridized carbons (Fsp3) is 0.378. The van der Waals surface area contributed by atoms with E-state index >= 15 is 0 Å². The van der Waals surface area contributed by atoms with Gasteiger partial charge in [0, 0.05) is 48.9 Å². The third-order valence-electron chi connectivity index (χ3n) is 17.2. The molecule has 8 aromatic rings. The summed E-state index contributed by atoms with van der Waals surface area (Å²) in [5.41, 5.74) is 31.7. The van der Waals surface area contributed by atoms with E-state index in [1.165, 1.54) is 138 Å². The van der Waals surface area contributed by atoms with Gasteiger partial charge in [0.25, 0.3) is 0 Å². The predicted octanol–water partition coefficient (Wildman–Crippen LogP) is 25.1. The molecule has 0 spiro atoms. The van der Waals surface area contributed by atoms with E-state index in [1.807, 2.05) is 113 Å². The van der Waals surface area contributed by atoms with Gasteiger partial charge in [-0.1, -0.05) is 70.8 Å². The number of anilines is 4. The van der Waals surface area contributed by atoms with Gasteiger partial charge < -0.3 is 33.2 Å². The van der Waals surface area contributed by atoms with Crippen molar-refractivity contribution in [1.29, 1.82) is 0 Å². The predicted molar refractivity (Wildman–Crippen MR) is 459 cm³/mol. The van der Waals surface area contributed by atoms with Crippen LogP contribution in [0.15, 0.2) is 170 Å². The molecule has 12 rings (SSSR count). The number of benzene rings is 8. The van der Waals surface area contributed by atoms with E-state index in [1.54, 1.807) is 0 Å². The molecule has 0 radical (unpaired) electrons. The zero-order valence-corrected chi connectivity index (χ0v) is 75.3. The maximum absolute atomic E-state index is 6.19. The topological polar surface area (TPSA) is 68.3 Å². The molecule has 2 fully saturated rings. The van der Waals surface area contributed by atoms with Gasteiger partial charge in [-0.15, -0.1) is 0 Å². The van der Waals surface area contributed by atoms with Gasteiger partial charge in [-0.05, 0) is 211 Å². The van der Waals surface area contributed by atoms with E-state index in [9.17, 15) is 0 Å². The number of halogens is 3. The van der Waals surface area contributed by atoms with Crippen molar-refractivity contribution in [3.8, 4) is 0 Å². The first-order valence-electron chi connectivity index (χ1n) is 37.2. The molecule has 0 bridgehead atoms. The Labute approximate surface area is 671 Å². The van der Waals surface area contributed by atoms with Crippen LogP contribution in [0.4, 0.5) is 22.7 Å². The molecular formula is C90H117Cl3N4O6P2Ru2-. The van der Waals surface area contributed by atoms with Crippen molar-refractivity contribution in [2.75, 3.05) is 45.8 Å². The molecule has 0 aromatic heterocycles. The molecule has 0 unspecified atom stereocenters. The summed E-state index contributed by atoms with van der Waals surface area (Å²) >= 11 is -2.10. The number of hydrogen-bond acceptors (Lipinski definition) is 10. The first kappa shape index (κ1) is 89.1. The maximum atomic E-state index is 6.19. The van der Waals surface area contributed by atoms with Crippen molar-refractivity contribution in [2.45, 2.75) is 203 Å². The Morgan fingerprint density at radius 1 is 0.364 bits per heavy atom. The molecule has 8 aromatic carbocycles. The van der Waals surface area contributed by atoms with Crippen LogP contribution in [0.5, 0.6) is 0 Å². The number of fused-ring (bicyclic) bond motifs is 2. The van der Waals surface area contributed by atoms with Gasteiger partial charge in [0.15, 0.2) is 0 Å². The summed E-state index contributed by atoms with van der Waals surface area (Å²) in [7, 11) is 15.8. The van der Waals surface area contributed by atoms with E-state index in [2.05, 4.69) is 256 Å². The SMILES string of the molecule is CC(C)OP(OC(C)C)OC(C)C.CC(C)O[PH+](OC(C)C)OC(C)C.Cc1cc(C)c(N2[CH-]N(c3c(C)cc(C)cc3C)CC2)c(C)c1.Cc1cc(C)c(N2[CH-]N(c3c(C)cc(C)cc3C)CC2)c(C)c1.[Cl][Ru]([Cl])=[C]1C=C(c2ccccc2)c2ccccc21.[Cl][Ru]=[C]1C=C(c2ccccc2)c2ccccc21. The van der Waals surface area contributed by atoms with E-state index in [-0.39, 0.29) is 52.3 Å². The van der Waals surface area contributed by atoms with Crippen LogP contribution in [0, 0.1) is 96.4 Å².